The van der Waals surface area contributed by atoms with E-state index < -0.39 is 16.9 Å². The van der Waals surface area contributed by atoms with Crippen LogP contribution in [0.3, 0.4) is 0 Å². The van der Waals surface area contributed by atoms with Crippen LogP contribution < -0.4 is 21.5 Å². The lowest BCUT2D eigenvalue weighted by Gasteiger charge is -2.12. The molecule has 2 aromatic heterocycles. The Morgan fingerprint density at radius 2 is 1.73 bits per heavy atom. The Morgan fingerprint density at radius 3 is 2.39 bits per heavy atom. The highest BCUT2D eigenvalue weighted by Gasteiger charge is 2.16. The summed E-state index contributed by atoms with van der Waals surface area (Å²) in [7, 11) is 0. The van der Waals surface area contributed by atoms with Crippen LogP contribution in [0.1, 0.15) is 16.8 Å². The number of ether oxygens (including phenoxy) is 1. The SMILES string of the molecule is N#Cc1nn(-c2cc(Cl)c(Oc3cc(Cc4ccccc4)c(=O)[nH]n3)c(Cl)c2)c(=O)[nH]c1=O. The van der Waals surface area contributed by atoms with Crippen molar-refractivity contribution in [3.63, 3.8) is 0 Å². The summed E-state index contributed by atoms with van der Waals surface area (Å²) in [5.74, 6) is 0.0634. The molecule has 33 heavy (non-hydrogen) atoms. The van der Waals surface area contributed by atoms with Crippen LogP contribution >= 0.6 is 23.2 Å². The Hall–Kier alpha value is -4.20. The number of nitrogens with one attached hydrogen (secondary N) is 2. The van der Waals surface area contributed by atoms with E-state index in [1.165, 1.54) is 18.2 Å². The fourth-order valence-corrected chi connectivity index (χ4v) is 3.50. The molecule has 0 bridgehead atoms. The average Bonchev–Trinajstić information content (AvgIpc) is 2.79. The van der Waals surface area contributed by atoms with Crippen molar-refractivity contribution < 1.29 is 4.74 Å². The fraction of sp³-hybridized carbons (Fsp3) is 0.0476. The Kier molecular flexibility index (Phi) is 6.08. The molecule has 0 saturated carbocycles. The Balaban J connectivity index is 1.68. The summed E-state index contributed by atoms with van der Waals surface area (Å²) in [4.78, 5) is 37.8. The van der Waals surface area contributed by atoms with E-state index in [2.05, 4.69) is 15.3 Å². The topological polar surface area (TPSA) is 147 Å². The predicted octanol–water partition coefficient (Wildman–Crippen LogP) is 2.57. The van der Waals surface area contributed by atoms with E-state index in [9.17, 15) is 14.4 Å². The molecule has 0 saturated heterocycles. The van der Waals surface area contributed by atoms with Crippen LogP contribution in [0.2, 0.25) is 10.0 Å². The molecule has 12 heteroatoms. The van der Waals surface area contributed by atoms with Gasteiger partial charge in [-0.3, -0.25) is 14.6 Å². The highest BCUT2D eigenvalue weighted by atomic mass is 35.5. The third-order valence-corrected chi connectivity index (χ3v) is 5.02. The zero-order valence-corrected chi connectivity index (χ0v) is 18.0. The van der Waals surface area contributed by atoms with E-state index in [-0.39, 0.29) is 32.9 Å². The Labute approximate surface area is 194 Å². The second-order valence-electron chi connectivity index (χ2n) is 6.70. The summed E-state index contributed by atoms with van der Waals surface area (Å²) < 4.78 is 6.47. The van der Waals surface area contributed by atoms with Crippen LogP contribution in [0.25, 0.3) is 5.69 Å². The number of halogens is 2. The smallest absolute Gasteiger partial charge is 0.349 e. The largest absolute Gasteiger partial charge is 0.434 e. The summed E-state index contributed by atoms with van der Waals surface area (Å²) in [5, 5.41) is 18.9. The molecule has 4 rings (SSSR count). The highest BCUT2D eigenvalue weighted by Crippen LogP contribution is 2.37. The number of aromatic amines is 2. The minimum atomic E-state index is -0.911. The molecule has 0 fully saturated rings. The Morgan fingerprint density at radius 1 is 1.03 bits per heavy atom. The van der Waals surface area contributed by atoms with Crippen molar-refractivity contribution in [1.29, 1.82) is 5.26 Å². The Bertz CT molecular complexity index is 1550. The lowest BCUT2D eigenvalue weighted by atomic mass is 10.1. The van der Waals surface area contributed by atoms with Gasteiger partial charge < -0.3 is 4.74 Å². The number of rotatable bonds is 5. The molecule has 2 aromatic carbocycles. The van der Waals surface area contributed by atoms with E-state index in [1.807, 2.05) is 35.3 Å². The number of nitrogens with zero attached hydrogens (tertiary/aromatic N) is 4. The van der Waals surface area contributed by atoms with Gasteiger partial charge in [-0.2, -0.15) is 9.94 Å². The molecule has 0 atom stereocenters. The first-order chi connectivity index (χ1) is 15.9. The van der Waals surface area contributed by atoms with Gasteiger partial charge in [0, 0.05) is 18.1 Å². The van der Waals surface area contributed by atoms with Crippen LogP contribution in [0, 0.1) is 11.3 Å². The zero-order chi connectivity index (χ0) is 23.5. The molecule has 4 aromatic rings. The van der Waals surface area contributed by atoms with Gasteiger partial charge in [0.2, 0.25) is 11.6 Å². The second kappa shape index (κ2) is 9.12. The number of aromatic nitrogens is 5. The lowest BCUT2D eigenvalue weighted by molar-refractivity contribution is 0.453. The molecule has 0 aliphatic rings. The maximum atomic E-state index is 12.2. The van der Waals surface area contributed by atoms with Crippen molar-refractivity contribution >= 4 is 23.2 Å². The quantitative estimate of drug-likeness (QED) is 0.444. The first-order valence-corrected chi connectivity index (χ1v) is 10.0. The van der Waals surface area contributed by atoms with Gasteiger partial charge in [0.25, 0.3) is 11.1 Å². The van der Waals surface area contributed by atoms with Gasteiger partial charge in [-0.1, -0.05) is 53.5 Å². The van der Waals surface area contributed by atoms with Crippen molar-refractivity contribution in [2.75, 3.05) is 0 Å². The van der Waals surface area contributed by atoms with Crippen molar-refractivity contribution in [2.24, 2.45) is 0 Å². The van der Waals surface area contributed by atoms with E-state index >= 15 is 0 Å². The normalized spacial score (nSPS) is 10.6. The van der Waals surface area contributed by atoms with Gasteiger partial charge in [0.15, 0.2) is 5.75 Å². The van der Waals surface area contributed by atoms with Gasteiger partial charge in [0.05, 0.1) is 15.7 Å². The summed E-state index contributed by atoms with van der Waals surface area (Å²) >= 11 is 12.6. The molecular formula is C21H12Cl2N6O4. The maximum absolute atomic E-state index is 12.2. The standard InChI is InChI=1S/C21H12Cl2N6O4/c22-14-8-13(29-21(32)25-20(31)16(10-24)28-29)9-15(23)18(14)33-17-7-12(19(30)27-26-17)6-11-4-2-1-3-5-11/h1-5,7-9H,6H2,(H,27,30)(H,25,31,32). The van der Waals surface area contributed by atoms with Gasteiger partial charge in [0.1, 0.15) is 6.07 Å². The molecule has 0 unspecified atom stereocenters. The fourth-order valence-electron chi connectivity index (χ4n) is 2.94. The van der Waals surface area contributed by atoms with Crippen molar-refractivity contribution in [1.82, 2.24) is 25.0 Å². The van der Waals surface area contributed by atoms with Gasteiger partial charge in [-0.15, -0.1) is 10.2 Å². The average molecular weight is 483 g/mol. The predicted molar refractivity (Wildman–Crippen MR) is 119 cm³/mol. The molecule has 2 heterocycles. The summed E-state index contributed by atoms with van der Waals surface area (Å²) in [6.45, 7) is 0. The number of H-pyrrole nitrogens is 2. The number of hydrogen-bond donors (Lipinski definition) is 2. The van der Waals surface area contributed by atoms with Crippen LogP contribution in [-0.2, 0) is 6.42 Å². The summed E-state index contributed by atoms with van der Waals surface area (Å²) in [6.07, 6.45) is 0.359. The van der Waals surface area contributed by atoms with Crippen molar-refractivity contribution in [3.05, 3.63) is 107 Å². The molecule has 2 N–H and O–H groups in total. The highest BCUT2D eigenvalue weighted by molar-refractivity contribution is 6.37. The zero-order valence-electron chi connectivity index (χ0n) is 16.5. The first-order valence-electron chi connectivity index (χ1n) is 9.29. The number of nitriles is 1. The molecule has 0 radical (unpaired) electrons. The molecule has 0 aliphatic carbocycles. The van der Waals surface area contributed by atoms with E-state index in [0.29, 0.717) is 12.0 Å². The third kappa shape index (κ3) is 4.69. The second-order valence-corrected chi connectivity index (χ2v) is 7.51. The number of hydrogen-bond acceptors (Lipinski definition) is 7. The van der Waals surface area contributed by atoms with Crippen LogP contribution in [-0.4, -0.2) is 25.0 Å². The lowest BCUT2D eigenvalue weighted by Crippen LogP contribution is -2.33. The molecule has 10 nitrogen and oxygen atoms in total. The molecule has 164 valence electrons. The first kappa shape index (κ1) is 22.0. The van der Waals surface area contributed by atoms with Gasteiger partial charge >= 0.3 is 5.69 Å². The number of benzene rings is 2. The molecule has 0 amide bonds. The minimum absolute atomic E-state index is 0.00600. The van der Waals surface area contributed by atoms with Crippen LogP contribution in [0.15, 0.2) is 62.9 Å². The molecule has 0 spiro atoms. The van der Waals surface area contributed by atoms with Crippen LogP contribution in [0.4, 0.5) is 0 Å². The summed E-state index contributed by atoms with van der Waals surface area (Å²) in [6, 6.07) is 15.1. The van der Waals surface area contributed by atoms with Gasteiger partial charge in [-0.25, -0.2) is 9.89 Å². The minimum Gasteiger partial charge on any atom is -0.434 e. The van der Waals surface area contributed by atoms with Gasteiger partial charge in [-0.05, 0) is 17.7 Å². The molecular weight excluding hydrogens is 471 g/mol. The van der Waals surface area contributed by atoms with E-state index in [1.54, 1.807) is 6.07 Å². The van der Waals surface area contributed by atoms with E-state index in [4.69, 9.17) is 33.2 Å². The monoisotopic (exact) mass is 482 g/mol. The van der Waals surface area contributed by atoms with Crippen LogP contribution in [0.5, 0.6) is 11.6 Å². The third-order valence-electron chi connectivity index (χ3n) is 4.46. The molecule has 0 aliphatic heterocycles. The maximum Gasteiger partial charge on any atom is 0.349 e. The summed E-state index contributed by atoms with van der Waals surface area (Å²) in [5.41, 5.74) is -1.23. The van der Waals surface area contributed by atoms with E-state index in [0.717, 1.165) is 10.2 Å². The van der Waals surface area contributed by atoms with Crippen molar-refractivity contribution in [2.45, 2.75) is 6.42 Å². The van der Waals surface area contributed by atoms with Crippen molar-refractivity contribution in [3.8, 4) is 23.4 Å².